The molecule has 0 radical (unpaired) electrons. The molecule has 0 aromatic carbocycles. The Morgan fingerprint density at radius 3 is 3.00 bits per heavy atom. The molecule has 5 heteroatoms. The summed E-state index contributed by atoms with van der Waals surface area (Å²) in [4.78, 5) is 15.1. The summed E-state index contributed by atoms with van der Waals surface area (Å²) < 4.78 is 0. The molecule has 1 spiro atoms. The lowest BCUT2D eigenvalue weighted by Crippen LogP contribution is -2.46. The second-order valence-electron chi connectivity index (χ2n) is 7.18. The molecular formula is C18H23N5. The van der Waals surface area contributed by atoms with E-state index in [0.717, 1.165) is 12.4 Å². The largest absolute Gasteiger partial charge is 0.367 e. The van der Waals surface area contributed by atoms with E-state index in [2.05, 4.69) is 38.2 Å². The van der Waals surface area contributed by atoms with Gasteiger partial charge in [-0.2, -0.15) is 0 Å². The Hall–Kier alpha value is -2.01. The van der Waals surface area contributed by atoms with Crippen LogP contribution in [0.5, 0.6) is 0 Å². The van der Waals surface area contributed by atoms with Crippen LogP contribution in [0.3, 0.4) is 0 Å². The van der Waals surface area contributed by atoms with Gasteiger partial charge in [0.2, 0.25) is 0 Å². The second kappa shape index (κ2) is 5.89. The van der Waals surface area contributed by atoms with E-state index < -0.39 is 0 Å². The minimum absolute atomic E-state index is 0.516. The van der Waals surface area contributed by atoms with Crippen LogP contribution < -0.4 is 5.32 Å². The van der Waals surface area contributed by atoms with Crippen LogP contribution in [-0.4, -0.2) is 39.0 Å². The highest BCUT2D eigenvalue weighted by molar-refractivity contribution is 5.34. The van der Waals surface area contributed by atoms with Gasteiger partial charge in [0.1, 0.15) is 12.1 Å². The van der Waals surface area contributed by atoms with Crippen LogP contribution in [0.4, 0.5) is 5.82 Å². The minimum Gasteiger partial charge on any atom is -0.367 e. The van der Waals surface area contributed by atoms with Crippen molar-refractivity contribution in [3.63, 3.8) is 0 Å². The molecule has 2 aliphatic rings. The average Bonchev–Trinajstić information content (AvgIpc) is 2.92. The molecule has 1 aliphatic carbocycles. The van der Waals surface area contributed by atoms with Crippen molar-refractivity contribution in [2.75, 3.05) is 18.4 Å². The third kappa shape index (κ3) is 3.20. The van der Waals surface area contributed by atoms with Crippen molar-refractivity contribution in [2.24, 2.45) is 5.41 Å². The van der Waals surface area contributed by atoms with Crippen LogP contribution in [0.25, 0.3) is 0 Å². The van der Waals surface area contributed by atoms with E-state index >= 15 is 0 Å². The van der Waals surface area contributed by atoms with Crippen molar-refractivity contribution < 1.29 is 0 Å². The van der Waals surface area contributed by atoms with Gasteiger partial charge in [-0.3, -0.25) is 9.88 Å². The van der Waals surface area contributed by atoms with Crippen LogP contribution in [0, 0.1) is 12.3 Å². The number of likely N-dealkylation sites (tertiary alicyclic amines) is 1. The Bertz CT molecular complexity index is 666. The van der Waals surface area contributed by atoms with Crippen LogP contribution in [0.15, 0.2) is 37.1 Å². The Kier molecular flexibility index (Phi) is 3.73. The van der Waals surface area contributed by atoms with Gasteiger partial charge in [0.15, 0.2) is 0 Å². The highest BCUT2D eigenvalue weighted by Gasteiger charge is 2.48. The number of anilines is 1. The monoisotopic (exact) mass is 309 g/mol. The Morgan fingerprint density at radius 2 is 2.22 bits per heavy atom. The number of pyridine rings is 1. The molecule has 1 saturated carbocycles. The summed E-state index contributed by atoms with van der Waals surface area (Å²) >= 11 is 0. The van der Waals surface area contributed by atoms with Gasteiger partial charge in [0, 0.05) is 37.7 Å². The normalized spacial score (nSPS) is 27.1. The summed E-state index contributed by atoms with van der Waals surface area (Å²) in [6.45, 7) is 5.55. The third-order valence-corrected chi connectivity index (χ3v) is 5.15. The molecule has 4 rings (SSSR count). The first-order valence-electron chi connectivity index (χ1n) is 8.36. The van der Waals surface area contributed by atoms with Crippen LogP contribution in [0.1, 0.15) is 30.4 Å². The highest BCUT2D eigenvalue weighted by atomic mass is 15.2. The number of hydrogen-bond donors (Lipinski definition) is 1. The predicted octanol–water partition coefficient (Wildman–Crippen LogP) is 2.65. The van der Waals surface area contributed by atoms with Crippen molar-refractivity contribution in [2.45, 2.75) is 38.8 Å². The van der Waals surface area contributed by atoms with E-state index in [1.165, 1.54) is 43.5 Å². The lowest BCUT2D eigenvalue weighted by Gasteiger charge is -2.45. The zero-order valence-electron chi connectivity index (χ0n) is 13.6. The number of nitrogens with one attached hydrogen (secondary N) is 1. The maximum atomic E-state index is 4.31. The van der Waals surface area contributed by atoms with Crippen molar-refractivity contribution in [1.29, 1.82) is 0 Å². The van der Waals surface area contributed by atoms with E-state index in [4.69, 9.17) is 0 Å². The molecule has 0 unspecified atom stereocenters. The van der Waals surface area contributed by atoms with E-state index in [1.807, 2.05) is 18.5 Å². The fraction of sp³-hybridized carbons (Fsp3) is 0.500. The average molecular weight is 309 g/mol. The molecule has 23 heavy (non-hydrogen) atoms. The summed E-state index contributed by atoms with van der Waals surface area (Å²) in [6, 6.07) is 4.75. The first-order chi connectivity index (χ1) is 11.2. The van der Waals surface area contributed by atoms with E-state index in [9.17, 15) is 0 Å². The van der Waals surface area contributed by atoms with Gasteiger partial charge in [0.25, 0.3) is 0 Å². The molecular weight excluding hydrogens is 286 g/mol. The molecule has 0 bridgehead atoms. The molecule has 0 amide bonds. The summed E-state index contributed by atoms with van der Waals surface area (Å²) in [5.74, 6) is 0.945. The minimum atomic E-state index is 0.516. The summed E-state index contributed by atoms with van der Waals surface area (Å²) in [6.07, 6.45) is 11.1. The van der Waals surface area contributed by atoms with E-state index in [1.54, 1.807) is 12.5 Å². The topological polar surface area (TPSA) is 53.9 Å². The smallest absolute Gasteiger partial charge is 0.129 e. The number of nitrogens with zero attached hydrogens (tertiary/aromatic N) is 4. The molecule has 5 nitrogen and oxygen atoms in total. The molecule has 1 N–H and O–H groups in total. The quantitative estimate of drug-likeness (QED) is 0.941. The molecule has 3 heterocycles. The molecule has 0 atom stereocenters. The van der Waals surface area contributed by atoms with Crippen LogP contribution >= 0.6 is 0 Å². The molecule has 2 fully saturated rings. The third-order valence-electron chi connectivity index (χ3n) is 5.15. The number of aromatic nitrogens is 3. The summed E-state index contributed by atoms with van der Waals surface area (Å²) in [7, 11) is 0. The van der Waals surface area contributed by atoms with Crippen molar-refractivity contribution in [3.05, 3.63) is 48.2 Å². The van der Waals surface area contributed by atoms with Gasteiger partial charge in [-0.05, 0) is 55.3 Å². The van der Waals surface area contributed by atoms with Gasteiger partial charge in [-0.25, -0.2) is 9.97 Å². The Morgan fingerprint density at radius 1 is 1.30 bits per heavy atom. The van der Waals surface area contributed by atoms with Gasteiger partial charge in [0.05, 0.1) is 0 Å². The second-order valence-corrected chi connectivity index (χ2v) is 7.18. The first kappa shape index (κ1) is 14.6. The maximum Gasteiger partial charge on any atom is 0.129 e. The van der Waals surface area contributed by atoms with E-state index in [0.29, 0.717) is 11.5 Å². The number of rotatable bonds is 4. The lowest BCUT2D eigenvalue weighted by atomic mass is 9.65. The summed E-state index contributed by atoms with van der Waals surface area (Å²) in [5, 5.41) is 3.52. The number of hydrogen-bond acceptors (Lipinski definition) is 5. The van der Waals surface area contributed by atoms with Crippen molar-refractivity contribution in [1.82, 2.24) is 19.9 Å². The molecule has 1 saturated heterocycles. The summed E-state index contributed by atoms with van der Waals surface area (Å²) in [5.41, 5.74) is 3.09. The fourth-order valence-electron chi connectivity index (χ4n) is 4.13. The maximum absolute atomic E-state index is 4.31. The zero-order valence-corrected chi connectivity index (χ0v) is 13.6. The standard InChI is InChI=1S/C18H23N5/c1-14-6-15(10-20-9-14)11-23-5-3-18(12-23)7-16(8-18)22-17-2-4-19-13-21-17/h2,4,6,9-10,13,16H,3,5,7-8,11-12H2,1H3,(H,19,21,22). The van der Waals surface area contributed by atoms with E-state index in [-0.39, 0.29) is 0 Å². The lowest BCUT2D eigenvalue weighted by molar-refractivity contribution is 0.120. The Labute approximate surface area is 137 Å². The van der Waals surface area contributed by atoms with Gasteiger partial charge < -0.3 is 5.32 Å². The van der Waals surface area contributed by atoms with Crippen LogP contribution in [-0.2, 0) is 6.54 Å². The SMILES string of the molecule is Cc1cncc(CN2CCC3(CC(Nc4ccncn4)C3)C2)c1. The number of aryl methyl sites for hydroxylation is 1. The fourth-order valence-corrected chi connectivity index (χ4v) is 4.13. The van der Waals surface area contributed by atoms with Crippen molar-refractivity contribution in [3.8, 4) is 0 Å². The van der Waals surface area contributed by atoms with Gasteiger partial charge >= 0.3 is 0 Å². The molecule has 2 aromatic heterocycles. The molecule has 1 aliphatic heterocycles. The van der Waals surface area contributed by atoms with Crippen molar-refractivity contribution >= 4 is 5.82 Å². The first-order valence-corrected chi connectivity index (χ1v) is 8.36. The van der Waals surface area contributed by atoms with Crippen LogP contribution in [0.2, 0.25) is 0 Å². The zero-order chi connectivity index (χ0) is 15.7. The molecule has 120 valence electrons. The van der Waals surface area contributed by atoms with Gasteiger partial charge in [-0.1, -0.05) is 6.07 Å². The van der Waals surface area contributed by atoms with Gasteiger partial charge in [-0.15, -0.1) is 0 Å². The predicted molar refractivity (Wildman–Crippen MR) is 90.0 cm³/mol. The Balaban J connectivity index is 1.30. The highest BCUT2D eigenvalue weighted by Crippen LogP contribution is 2.49. The molecule has 2 aromatic rings.